The maximum atomic E-state index is 11.0. The number of hydrogen-bond acceptors (Lipinski definition) is 2. The quantitative estimate of drug-likeness (QED) is 0.711. The molecule has 0 amide bonds. The fourth-order valence-electron chi connectivity index (χ4n) is 1.50. The minimum absolute atomic E-state index is 0.0000262. The largest absolute Gasteiger partial charge is 0.508 e. The zero-order valence-corrected chi connectivity index (χ0v) is 9.71. The maximum absolute atomic E-state index is 11.0. The summed E-state index contributed by atoms with van der Waals surface area (Å²) in [7, 11) is -4.18. The zero-order chi connectivity index (χ0) is 12.5. The molecule has 0 aromatic heterocycles. The minimum Gasteiger partial charge on any atom is -0.508 e. The Kier molecular flexibility index (Phi) is 3.03. The Hall–Kier alpha value is -1.61. The smallest absolute Gasteiger partial charge is 0.356 e. The summed E-state index contributed by atoms with van der Waals surface area (Å²) in [6.45, 7) is 0. The first-order valence-electron chi connectivity index (χ1n) is 4.92. The van der Waals surface area contributed by atoms with Crippen molar-refractivity contribution in [2.75, 3.05) is 0 Å². The van der Waals surface area contributed by atoms with E-state index >= 15 is 0 Å². The molecular weight excluding hydrogens is 239 g/mol. The molecule has 2 aromatic carbocycles. The van der Waals surface area contributed by atoms with Crippen LogP contribution in [-0.2, 0) is 4.57 Å². The summed E-state index contributed by atoms with van der Waals surface area (Å²) in [5.74, 6) is 0.181. The van der Waals surface area contributed by atoms with Gasteiger partial charge in [0.1, 0.15) is 5.75 Å². The molecular formula is C12H11O4P. The van der Waals surface area contributed by atoms with Crippen LogP contribution in [-0.4, -0.2) is 14.9 Å². The van der Waals surface area contributed by atoms with E-state index in [1.165, 1.54) is 12.1 Å². The van der Waals surface area contributed by atoms with Gasteiger partial charge in [-0.15, -0.1) is 0 Å². The highest BCUT2D eigenvalue weighted by Crippen LogP contribution is 2.33. The van der Waals surface area contributed by atoms with E-state index in [4.69, 9.17) is 14.9 Å². The lowest BCUT2D eigenvalue weighted by atomic mass is 10.1. The first-order chi connectivity index (χ1) is 7.97. The van der Waals surface area contributed by atoms with Crippen molar-refractivity contribution in [2.45, 2.75) is 0 Å². The Morgan fingerprint density at radius 2 is 1.18 bits per heavy atom. The standard InChI is InChI=1S/C12H11O4P/c13-11-5-1-9(2-6-11)10-3-7-12(8-4-10)17(14,15)16/h1-8,13H,(H2,14,15,16). The molecule has 5 heteroatoms. The van der Waals surface area contributed by atoms with Crippen LogP contribution in [0.25, 0.3) is 11.1 Å². The van der Waals surface area contributed by atoms with Gasteiger partial charge in [0.25, 0.3) is 0 Å². The number of phenolic OH excluding ortho intramolecular Hbond substituents is 1. The zero-order valence-electron chi connectivity index (χ0n) is 8.82. The number of aromatic hydroxyl groups is 1. The normalized spacial score (nSPS) is 11.4. The summed E-state index contributed by atoms with van der Waals surface area (Å²) < 4.78 is 11.0. The third kappa shape index (κ3) is 2.74. The molecule has 0 radical (unpaired) electrons. The molecule has 3 N–H and O–H groups in total. The van der Waals surface area contributed by atoms with E-state index in [-0.39, 0.29) is 11.1 Å². The summed E-state index contributed by atoms with van der Waals surface area (Å²) in [4.78, 5) is 17.9. The van der Waals surface area contributed by atoms with Crippen LogP contribution in [0.5, 0.6) is 5.75 Å². The molecule has 4 nitrogen and oxygen atoms in total. The highest BCUT2D eigenvalue weighted by atomic mass is 31.2. The summed E-state index contributed by atoms with van der Waals surface area (Å²) in [5, 5.41) is 9.15. The van der Waals surface area contributed by atoms with E-state index < -0.39 is 7.60 Å². The van der Waals surface area contributed by atoms with E-state index in [1.807, 2.05) is 0 Å². The molecule has 0 atom stereocenters. The Morgan fingerprint density at radius 1 is 0.765 bits per heavy atom. The molecule has 0 aliphatic heterocycles. The van der Waals surface area contributed by atoms with Gasteiger partial charge in [-0.25, -0.2) is 0 Å². The lowest BCUT2D eigenvalue weighted by Crippen LogP contribution is -2.02. The topological polar surface area (TPSA) is 77.8 Å². The van der Waals surface area contributed by atoms with Crippen LogP contribution < -0.4 is 5.30 Å². The van der Waals surface area contributed by atoms with Gasteiger partial charge >= 0.3 is 7.60 Å². The van der Waals surface area contributed by atoms with Crippen molar-refractivity contribution in [3.63, 3.8) is 0 Å². The van der Waals surface area contributed by atoms with Gasteiger partial charge in [-0.05, 0) is 35.4 Å². The van der Waals surface area contributed by atoms with Crippen molar-refractivity contribution in [2.24, 2.45) is 0 Å². The molecule has 0 spiro atoms. The van der Waals surface area contributed by atoms with Gasteiger partial charge in [0.15, 0.2) is 0 Å². The van der Waals surface area contributed by atoms with Crippen molar-refractivity contribution in [3.05, 3.63) is 48.5 Å². The first kappa shape index (κ1) is 11.9. The molecule has 0 saturated carbocycles. The number of benzene rings is 2. The Balaban J connectivity index is 2.36. The van der Waals surface area contributed by atoms with Crippen LogP contribution in [0.3, 0.4) is 0 Å². The molecule has 0 unspecified atom stereocenters. The van der Waals surface area contributed by atoms with Gasteiger partial charge < -0.3 is 14.9 Å². The fraction of sp³-hybridized carbons (Fsp3) is 0. The van der Waals surface area contributed by atoms with Crippen LogP contribution in [0, 0.1) is 0 Å². The van der Waals surface area contributed by atoms with Crippen molar-refractivity contribution < 1.29 is 19.5 Å². The van der Waals surface area contributed by atoms with Gasteiger partial charge in [0, 0.05) is 0 Å². The molecule has 0 fully saturated rings. The highest BCUT2D eigenvalue weighted by Gasteiger charge is 2.16. The molecule has 0 bridgehead atoms. The van der Waals surface area contributed by atoms with Crippen molar-refractivity contribution in [3.8, 4) is 16.9 Å². The van der Waals surface area contributed by atoms with E-state index in [1.54, 1.807) is 36.4 Å². The Bertz CT molecular complexity index is 554. The van der Waals surface area contributed by atoms with Crippen molar-refractivity contribution in [1.29, 1.82) is 0 Å². The molecule has 2 rings (SSSR count). The van der Waals surface area contributed by atoms with Crippen molar-refractivity contribution in [1.82, 2.24) is 0 Å². The Morgan fingerprint density at radius 3 is 1.59 bits per heavy atom. The molecule has 0 saturated heterocycles. The lowest BCUT2D eigenvalue weighted by Gasteiger charge is -2.06. The number of phenols is 1. The minimum atomic E-state index is -4.18. The van der Waals surface area contributed by atoms with Crippen LogP contribution in [0.2, 0.25) is 0 Å². The van der Waals surface area contributed by atoms with Crippen LogP contribution >= 0.6 is 7.60 Å². The van der Waals surface area contributed by atoms with Gasteiger partial charge in [-0.2, -0.15) is 0 Å². The molecule has 2 aromatic rings. The predicted molar refractivity (Wildman–Crippen MR) is 65.2 cm³/mol. The lowest BCUT2D eigenvalue weighted by molar-refractivity contribution is 0.387. The second-order valence-electron chi connectivity index (χ2n) is 3.64. The average Bonchev–Trinajstić information content (AvgIpc) is 2.29. The SMILES string of the molecule is O=P(O)(O)c1ccc(-c2ccc(O)cc2)cc1. The van der Waals surface area contributed by atoms with Crippen LogP contribution in [0.1, 0.15) is 0 Å². The molecule has 0 aliphatic rings. The average molecular weight is 250 g/mol. The summed E-state index contributed by atoms with van der Waals surface area (Å²) in [6, 6.07) is 12.7. The van der Waals surface area contributed by atoms with Gasteiger partial charge in [0.05, 0.1) is 5.30 Å². The summed E-state index contributed by atoms with van der Waals surface area (Å²) in [5.41, 5.74) is 1.71. The molecule has 17 heavy (non-hydrogen) atoms. The second kappa shape index (κ2) is 4.34. The van der Waals surface area contributed by atoms with Gasteiger partial charge in [0.2, 0.25) is 0 Å². The molecule has 88 valence electrons. The Labute approximate surface area is 98.3 Å². The highest BCUT2D eigenvalue weighted by molar-refractivity contribution is 7.60. The predicted octanol–water partition coefficient (Wildman–Crippen LogP) is 1.86. The van der Waals surface area contributed by atoms with E-state index in [0.29, 0.717) is 0 Å². The summed E-state index contributed by atoms with van der Waals surface area (Å²) in [6.07, 6.45) is 0. The number of hydrogen-bond donors (Lipinski definition) is 3. The second-order valence-corrected chi connectivity index (χ2v) is 5.24. The van der Waals surface area contributed by atoms with E-state index in [9.17, 15) is 4.57 Å². The van der Waals surface area contributed by atoms with Gasteiger partial charge in [-0.3, -0.25) is 4.57 Å². The van der Waals surface area contributed by atoms with Crippen LogP contribution in [0.4, 0.5) is 0 Å². The van der Waals surface area contributed by atoms with E-state index in [0.717, 1.165) is 11.1 Å². The first-order valence-corrected chi connectivity index (χ1v) is 6.53. The fourth-order valence-corrected chi connectivity index (χ4v) is 2.04. The van der Waals surface area contributed by atoms with Crippen LogP contribution in [0.15, 0.2) is 48.5 Å². The van der Waals surface area contributed by atoms with Crippen molar-refractivity contribution >= 4 is 12.9 Å². The van der Waals surface area contributed by atoms with E-state index in [2.05, 4.69) is 0 Å². The maximum Gasteiger partial charge on any atom is 0.356 e. The monoisotopic (exact) mass is 250 g/mol. The molecule has 0 heterocycles. The summed E-state index contributed by atoms with van der Waals surface area (Å²) >= 11 is 0. The number of rotatable bonds is 2. The third-order valence-corrected chi connectivity index (χ3v) is 3.38. The van der Waals surface area contributed by atoms with Gasteiger partial charge in [-0.1, -0.05) is 24.3 Å². The third-order valence-electron chi connectivity index (χ3n) is 2.40. The molecule has 0 aliphatic carbocycles.